The van der Waals surface area contributed by atoms with Crippen molar-refractivity contribution in [3.8, 4) is 0 Å². The number of likely N-dealkylation sites (N-methyl/N-ethyl adjacent to an activating group) is 1. The molecule has 1 saturated carbocycles. The molecule has 0 aromatic carbocycles. The van der Waals surface area contributed by atoms with E-state index in [1.165, 1.54) is 38.8 Å². The minimum Gasteiger partial charge on any atom is -0.394 e. The maximum Gasteiger partial charge on any atom is 0.0623 e. The standard InChI is InChI=1S/C14H29N3O/c1-14(11-18,15-12-4-5-12)10-17(3)13-6-8-16(2)9-7-13/h12-13,15,18H,4-11H2,1-3H3. The molecule has 1 aliphatic carbocycles. The zero-order valence-electron chi connectivity index (χ0n) is 12.2. The number of aliphatic hydroxyl groups excluding tert-OH is 1. The van der Waals surface area contributed by atoms with Crippen LogP contribution in [-0.4, -0.2) is 72.9 Å². The molecule has 0 radical (unpaired) electrons. The third-order valence-corrected chi connectivity index (χ3v) is 4.39. The predicted molar refractivity (Wildman–Crippen MR) is 74.8 cm³/mol. The fourth-order valence-corrected chi connectivity index (χ4v) is 2.98. The van der Waals surface area contributed by atoms with Crippen molar-refractivity contribution in [2.75, 3.05) is 40.3 Å². The zero-order chi connectivity index (χ0) is 13.2. The summed E-state index contributed by atoms with van der Waals surface area (Å²) in [5.74, 6) is 0. The Morgan fingerprint density at radius 3 is 2.39 bits per heavy atom. The molecule has 2 rings (SSSR count). The molecular weight excluding hydrogens is 226 g/mol. The number of nitrogens with zero attached hydrogens (tertiary/aromatic N) is 2. The van der Waals surface area contributed by atoms with Crippen molar-refractivity contribution < 1.29 is 5.11 Å². The van der Waals surface area contributed by atoms with Gasteiger partial charge < -0.3 is 20.2 Å². The lowest BCUT2D eigenvalue weighted by atomic mass is 9.98. The summed E-state index contributed by atoms with van der Waals surface area (Å²) >= 11 is 0. The first-order valence-electron chi connectivity index (χ1n) is 7.30. The average Bonchev–Trinajstić information content (AvgIpc) is 3.13. The van der Waals surface area contributed by atoms with E-state index in [0.717, 1.165) is 6.54 Å². The molecule has 0 amide bonds. The van der Waals surface area contributed by atoms with E-state index in [0.29, 0.717) is 12.1 Å². The lowest BCUT2D eigenvalue weighted by molar-refractivity contribution is 0.0841. The van der Waals surface area contributed by atoms with Gasteiger partial charge in [0.15, 0.2) is 0 Å². The number of hydrogen-bond donors (Lipinski definition) is 2. The van der Waals surface area contributed by atoms with Crippen LogP contribution in [0.25, 0.3) is 0 Å². The normalized spacial score (nSPS) is 26.5. The van der Waals surface area contributed by atoms with Crippen molar-refractivity contribution in [2.24, 2.45) is 0 Å². The Labute approximate surface area is 111 Å². The van der Waals surface area contributed by atoms with Crippen molar-refractivity contribution >= 4 is 0 Å². The van der Waals surface area contributed by atoms with E-state index in [1.807, 2.05) is 0 Å². The van der Waals surface area contributed by atoms with E-state index < -0.39 is 0 Å². The number of piperidine rings is 1. The monoisotopic (exact) mass is 255 g/mol. The van der Waals surface area contributed by atoms with Gasteiger partial charge in [-0.05, 0) is 59.8 Å². The van der Waals surface area contributed by atoms with Crippen LogP contribution in [0.2, 0.25) is 0 Å². The first-order chi connectivity index (χ1) is 8.52. The summed E-state index contributed by atoms with van der Waals surface area (Å²) in [6.07, 6.45) is 5.04. The quantitative estimate of drug-likeness (QED) is 0.726. The third kappa shape index (κ3) is 3.92. The molecule has 0 aromatic rings. The van der Waals surface area contributed by atoms with Crippen molar-refractivity contribution in [2.45, 2.75) is 50.2 Å². The largest absolute Gasteiger partial charge is 0.394 e. The number of rotatable bonds is 6. The highest BCUT2D eigenvalue weighted by molar-refractivity contribution is 4.95. The van der Waals surface area contributed by atoms with Crippen LogP contribution in [0.4, 0.5) is 0 Å². The van der Waals surface area contributed by atoms with Crippen LogP contribution >= 0.6 is 0 Å². The minimum atomic E-state index is -0.140. The summed E-state index contributed by atoms with van der Waals surface area (Å²) in [5, 5.41) is 13.2. The van der Waals surface area contributed by atoms with Crippen LogP contribution in [0.3, 0.4) is 0 Å². The molecule has 1 unspecified atom stereocenters. The second-order valence-electron chi connectivity index (χ2n) is 6.59. The maximum absolute atomic E-state index is 9.65. The molecule has 0 bridgehead atoms. The minimum absolute atomic E-state index is 0.140. The Bertz CT molecular complexity index is 262. The Hall–Kier alpha value is -0.160. The van der Waals surface area contributed by atoms with Gasteiger partial charge in [0.1, 0.15) is 0 Å². The van der Waals surface area contributed by atoms with Crippen LogP contribution in [0.5, 0.6) is 0 Å². The predicted octanol–water partition coefficient (Wildman–Crippen LogP) is 0.515. The topological polar surface area (TPSA) is 38.7 Å². The third-order valence-electron chi connectivity index (χ3n) is 4.39. The van der Waals surface area contributed by atoms with Crippen molar-refractivity contribution in [3.63, 3.8) is 0 Å². The lowest BCUT2D eigenvalue weighted by Gasteiger charge is -2.40. The van der Waals surface area contributed by atoms with Gasteiger partial charge in [0, 0.05) is 18.6 Å². The first-order valence-corrected chi connectivity index (χ1v) is 7.30. The number of aliphatic hydroxyl groups is 1. The molecule has 4 heteroatoms. The number of hydrogen-bond acceptors (Lipinski definition) is 4. The van der Waals surface area contributed by atoms with Crippen molar-refractivity contribution in [1.82, 2.24) is 15.1 Å². The molecule has 18 heavy (non-hydrogen) atoms. The number of likely N-dealkylation sites (tertiary alicyclic amines) is 1. The van der Waals surface area contributed by atoms with Crippen LogP contribution in [0, 0.1) is 0 Å². The maximum atomic E-state index is 9.65. The summed E-state index contributed by atoms with van der Waals surface area (Å²) in [7, 11) is 4.40. The van der Waals surface area contributed by atoms with Crippen LogP contribution < -0.4 is 5.32 Å². The van der Waals surface area contributed by atoms with Gasteiger partial charge in [-0.3, -0.25) is 0 Å². The van der Waals surface area contributed by atoms with E-state index in [-0.39, 0.29) is 12.1 Å². The highest BCUT2D eigenvalue weighted by Gasteiger charge is 2.34. The molecule has 1 heterocycles. The molecule has 2 N–H and O–H groups in total. The van der Waals surface area contributed by atoms with Gasteiger partial charge in [0.05, 0.1) is 12.1 Å². The first kappa shape index (κ1) is 14.3. The molecule has 2 aliphatic rings. The Morgan fingerprint density at radius 1 is 1.28 bits per heavy atom. The highest BCUT2D eigenvalue weighted by Crippen LogP contribution is 2.24. The van der Waals surface area contributed by atoms with E-state index in [9.17, 15) is 5.11 Å². The van der Waals surface area contributed by atoms with Gasteiger partial charge in [-0.1, -0.05) is 0 Å². The molecule has 0 aromatic heterocycles. The summed E-state index contributed by atoms with van der Waals surface area (Å²) < 4.78 is 0. The van der Waals surface area contributed by atoms with Gasteiger partial charge in [0.2, 0.25) is 0 Å². The van der Waals surface area contributed by atoms with E-state index in [2.05, 4.69) is 36.1 Å². The molecule has 1 aliphatic heterocycles. The van der Waals surface area contributed by atoms with Crippen LogP contribution in [0.1, 0.15) is 32.6 Å². The van der Waals surface area contributed by atoms with Gasteiger partial charge in [-0.25, -0.2) is 0 Å². The van der Waals surface area contributed by atoms with Crippen molar-refractivity contribution in [3.05, 3.63) is 0 Å². The molecule has 1 atom stereocenters. The summed E-state index contributed by atoms with van der Waals surface area (Å²) in [5.41, 5.74) is -0.140. The van der Waals surface area contributed by atoms with Gasteiger partial charge in [0.25, 0.3) is 0 Å². The summed E-state index contributed by atoms with van der Waals surface area (Å²) in [6, 6.07) is 1.32. The number of nitrogens with one attached hydrogen (secondary N) is 1. The van der Waals surface area contributed by atoms with Crippen LogP contribution in [-0.2, 0) is 0 Å². The molecule has 1 saturated heterocycles. The summed E-state index contributed by atoms with van der Waals surface area (Å²) in [4.78, 5) is 4.84. The molecule has 0 spiro atoms. The molecular formula is C14H29N3O. The van der Waals surface area contributed by atoms with Crippen molar-refractivity contribution in [1.29, 1.82) is 0 Å². The lowest BCUT2D eigenvalue weighted by Crippen LogP contribution is -2.56. The average molecular weight is 255 g/mol. The molecule has 4 nitrogen and oxygen atoms in total. The van der Waals surface area contributed by atoms with Crippen LogP contribution in [0.15, 0.2) is 0 Å². The van der Waals surface area contributed by atoms with E-state index in [4.69, 9.17) is 0 Å². The van der Waals surface area contributed by atoms with E-state index in [1.54, 1.807) is 0 Å². The summed E-state index contributed by atoms with van der Waals surface area (Å²) in [6.45, 7) is 5.70. The molecule has 2 fully saturated rings. The van der Waals surface area contributed by atoms with Gasteiger partial charge in [-0.15, -0.1) is 0 Å². The second-order valence-corrected chi connectivity index (χ2v) is 6.59. The second kappa shape index (κ2) is 5.87. The van der Waals surface area contributed by atoms with Gasteiger partial charge in [-0.2, -0.15) is 0 Å². The Kier molecular flexibility index (Phi) is 4.64. The smallest absolute Gasteiger partial charge is 0.0623 e. The Balaban J connectivity index is 1.82. The van der Waals surface area contributed by atoms with Gasteiger partial charge >= 0.3 is 0 Å². The fraction of sp³-hybridized carbons (Fsp3) is 1.00. The molecule has 106 valence electrons. The fourth-order valence-electron chi connectivity index (χ4n) is 2.98. The Morgan fingerprint density at radius 2 is 1.89 bits per heavy atom. The SMILES string of the molecule is CN1CCC(N(C)CC(C)(CO)NC2CC2)CC1. The van der Waals surface area contributed by atoms with E-state index >= 15 is 0 Å². The zero-order valence-corrected chi connectivity index (χ0v) is 12.2. The highest BCUT2D eigenvalue weighted by atomic mass is 16.3.